The Morgan fingerprint density at radius 2 is 1.80 bits per heavy atom. The predicted octanol–water partition coefficient (Wildman–Crippen LogP) is 4.66. The van der Waals surface area contributed by atoms with E-state index in [0.29, 0.717) is 5.41 Å². The molecule has 1 atom stereocenters. The number of hydrogen-bond acceptors (Lipinski definition) is 0. The summed E-state index contributed by atoms with van der Waals surface area (Å²) >= 11 is 6.04. The van der Waals surface area contributed by atoms with Crippen LogP contribution in [0, 0.1) is 5.41 Å². The van der Waals surface area contributed by atoms with Gasteiger partial charge in [-0.05, 0) is 37.2 Å². The van der Waals surface area contributed by atoms with Crippen LogP contribution in [-0.4, -0.2) is 5.38 Å². The maximum Gasteiger partial charge on any atom is 0.0312 e. The van der Waals surface area contributed by atoms with E-state index in [1.807, 2.05) is 0 Å². The molecule has 0 bridgehead atoms. The summed E-state index contributed by atoms with van der Waals surface area (Å²) < 4.78 is 0. The molecule has 0 saturated carbocycles. The predicted molar refractivity (Wildman–Crippen MR) is 68.5 cm³/mol. The van der Waals surface area contributed by atoms with Crippen LogP contribution in [0.5, 0.6) is 0 Å². The minimum absolute atomic E-state index is 0.274. The summed E-state index contributed by atoms with van der Waals surface area (Å²) in [4.78, 5) is 0. The van der Waals surface area contributed by atoms with E-state index in [0.717, 1.165) is 12.8 Å². The van der Waals surface area contributed by atoms with E-state index in [9.17, 15) is 0 Å². The third kappa shape index (κ3) is 5.22. The topological polar surface area (TPSA) is 0 Å². The lowest BCUT2D eigenvalue weighted by Crippen LogP contribution is -2.16. The molecule has 0 aliphatic rings. The van der Waals surface area contributed by atoms with E-state index in [4.69, 9.17) is 11.6 Å². The first-order chi connectivity index (χ1) is 6.99. The quantitative estimate of drug-likeness (QED) is 0.638. The van der Waals surface area contributed by atoms with Crippen molar-refractivity contribution in [3.05, 3.63) is 35.9 Å². The van der Waals surface area contributed by atoms with E-state index >= 15 is 0 Å². The molecule has 1 rings (SSSR count). The molecular weight excluding hydrogens is 204 g/mol. The molecule has 0 spiro atoms. The zero-order valence-electron chi connectivity index (χ0n) is 9.96. The van der Waals surface area contributed by atoms with Gasteiger partial charge in [-0.25, -0.2) is 0 Å². The van der Waals surface area contributed by atoms with Gasteiger partial charge in [0.25, 0.3) is 0 Å². The van der Waals surface area contributed by atoms with Crippen LogP contribution in [0.3, 0.4) is 0 Å². The maximum atomic E-state index is 6.04. The second-order valence-electron chi connectivity index (χ2n) is 5.13. The molecule has 0 aromatic heterocycles. The van der Waals surface area contributed by atoms with Crippen LogP contribution in [-0.2, 0) is 6.42 Å². The summed E-state index contributed by atoms with van der Waals surface area (Å²) in [5.41, 5.74) is 1.77. The highest BCUT2D eigenvalue weighted by Crippen LogP contribution is 2.30. The Balaban J connectivity index is 2.42. The summed E-state index contributed by atoms with van der Waals surface area (Å²) in [6.45, 7) is 6.68. The van der Waals surface area contributed by atoms with Gasteiger partial charge in [0.1, 0.15) is 0 Å². The van der Waals surface area contributed by atoms with Crippen LogP contribution in [0.25, 0.3) is 0 Å². The first kappa shape index (κ1) is 12.6. The van der Waals surface area contributed by atoms with Crippen LogP contribution in [0.2, 0.25) is 0 Å². The van der Waals surface area contributed by atoms with Crippen LogP contribution < -0.4 is 0 Å². The monoisotopic (exact) mass is 224 g/mol. The van der Waals surface area contributed by atoms with Crippen molar-refractivity contribution in [1.82, 2.24) is 0 Å². The van der Waals surface area contributed by atoms with Crippen molar-refractivity contribution in [3.63, 3.8) is 0 Å². The smallest absolute Gasteiger partial charge is 0.0312 e. The molecule has 0 aliphatic carbocycles. The Morgan fingerprint density at radius 3 is 2.33 bits per heavy atom. The average molecular weight is 225 g/mol. The minimum Gasteiger partial charge on any atom is -0.123 e. The van der Waals surface area contributed by atoms with Crippen molar-refractivity contribution < 1.29 is 0 Å². The van der Waals surface area contributed by atoms with Gasteiger partial charge in [0.2, 0.25) is 0 Å². The molecule has 1 unspecified atom stereocenters. The highest BCUT2D eigenvalue weighted by molar-refractivity contribution is 6.20. The number of hydrogen-bond donors (Lipinski definition) is 0. The van der Waals surface area contributed by atoms with Crippen molar-refractivity contribution in [1.29, 1.82) is 0 Å². The Kier molecular flexibility index (Phi) is 4.66. The number of alkyl halides is 1. The first-order valence-corrected chi connectivity index (χ1v) is 6.11. The van der Waals surface area contributed by atoms with E-state index in [-0.39, 0.29) is 5.38 Å². The summed E-state index contributed by atoms with van der Waals surface area (Å²) in [6.07, 6.45) is 3.44. The molecule has 84 valence electrons. The normalized spacial score (nSPS) is 13.9. The van der Waals surface area contributed by atoms with Gasteiger partial charge >= 0.3 is 0 Å². The van der Waals surface area contributed by atoms with Gasteiger partial charge in [0, 0.05) is 5.38 Å². The second-order valence-corrected chi connectivity index (χ2v) is 5.88. The molecule has 15 heavy (non-hydrogen) atoms. The molecule has 0 N–H and O–H groups in total. The van der Waals surface area contributed by atoms with E-state index in [2.05, 4.69) is 51.1 Å². The Bertz CT molecular complexity index is 275. The molecular formula is C14H21Cl. The first-order valence-electron chi connectivity index (χ1n) is 5.68. The van der Waals surface area contributed by atoms with Crippen molar-refractivity contribution in [3.8, 4) is 0 Å². The van der Waals surface area contributed by atoms with Crippen molar-refractivity contribution in [2.75, 3.05) is 0 Å². The van der Waals surface area contributed by atoms with Gasteiger partial charge in [-0.1, -0.05) is 44.2 Å². The van der Waals surface area contributed by atoms with Crippen molar-refractivity contribution in [2.45, 2.75) is 45.4 Å². The fourth-order valence-corrected chi connectivity index (χ4v) is 2.41. The molecule has 0 radical (unpaired) electrons. The van der Waals surface area contributed by atoms with E-state index in [1.165, 1.54) is 12.0 Å². The lowest BCUT2D eigenvalue weighted by atomic mass is 9.82. The molecule has 0 heterocycles. The molecule has 0 saturated heterocycles. The van der Waals surface area contributed by atoms with Gasteiger partial charge in [-0.2, -0.15) is 0 Å². The molecule has 1 heteroatoms. The van der Waals surface area contributed by atoms with Crippen LogP contribution >= 0.6 is 11.6 Å². The summed E-state index contributed by atoms with van der Waals surface area (Å²) in [6, 6.07) is 10.7. The highest BCUT2D eigenvalue weighted by Gasteiger charge is 2.19. The summed E-state index contributed by atoms with van der Waals surface area (Å²) in [5.74, 6) is 0. The van der Waals surface area contributed by atoms with Gasteiger partial charge in [-0.15, -0.1) is 11.6 Å². The molecule has 0 amide bonds. The van der Waals surface area contributed by atoms with Crippen molar-refractivity contribution >= 4 is 11.6 Å². The third-order valence-corrected chi connectivity index (χ3v) is 2.92. The highest BCUT2D eigenvalue weighted by atomic mass is 35.5. The van der Waals surface area contributed by atoms with Crippen LogP contribution in [0.15, 0.2) is 30.3 Å². The van der Waals surface area contributed by atoms with Gasteiger partial charge in [0.15, 0.2) is 0 Å². The fourth-order valence-electron chi connectivity index (χ4n) is 1.99. The summed E-state index contributed by atoms with van der Waals surface area (Å²) in [7, 11) is 0. The lowest BCUT2D eigenvalue weighted by molar-refractivity contribution is 0.307. The number of rotatable bonds is 5. The van der Waals surface area contributed by atoms with Crippen molar-refractivity contribution in [2.24, 2.45) is 5.41 Å². The number of halogens is 1. The molecule has 1 aromatic carbocycles. The van der Waals surface area contributed by atoms with Crippen LogP contribution in [0.4, 0.5) is 0 Å². The lowest BCUT2D eigenvalue weighted by Gasteiger charge is -2.25. The fraction of sp³-hybridized carbons (Fsp3) is 0.571. The Labute approximate surface area is 98.7 Å². The van der Waals surface area contributed by atoms with Gasteiger partial charge < -0.3 is 0 Å². The SMILES string of the molecule is CC(Cl)CC(C)(C)CCc1ccccc1. The van der Waals surface area contributed by atoms with E-state index in [1.54, 1.807) is 0 Å². The Hall–Kier alpha value is -0.490. The molecule has 0 fully saturated rings. The largest absolute Gasteiger partial charge is 0.123 e. The Morgan fingerprint density at radius 1 is 1.20 bits per heavy atom. The molecule has 0 nitrogen and oxygen atoms in total. The zero-order valence-corrected chi connectivity index (χ0v) is 10.7. The second kappa shape index (κ2) is 5.55. The zero-order chi connectivity index (χ0) is 11.3. The van der Waals surface area contributed by atoms with Gasteiger partial charge in [0.05, 0.1) is 0 Å². The molecule has 1 aromatic rings. The van der Waals surface area contributed by atoms with Gasteiger partial charge in [-0.3, -0.25) is 0 Å². The third-order valence-electron chi connectivity index (χ3n) is 2.77. The standard InChI is InChI=1S/C14H21Cl/c1-12(15)11-14(2,3)10-9-13-7-5-4-6-8-13/h4-8,12H,9-11H2,1-3H3. The van der Waals surface area contributed by atoms with Crippen LogP contribution in [0.1, 0.15) is 39.2 Å². The minimum atomic E-state index is 0.274. The van der Waals surface area contributed by atoms with E-state index < -0.39 is 0 Å². The maximum absolute atomic E-state index is 6.04. The number of benzene rings is 1. The molecule has 0 aliphatic heterocycles. The number of aryl methyl sites for hydroxylation is 1. The average Bonchev–Trinajstić information content (AvgIpc) is 2.15. The summed E-state index contributed by atoms with van der Waals surface area (Å²) in [5, 5.41) is 0.274.